The van der Waals surface area contributed by atoms with Crippen LogP contribution in [0.4, 0.5) is 4.79 Å². The van der Waals surface area contributed by atoms with Crippen molar-refractivity contribution in [3.05, 3.63) is 29.8 Å². The molecule has 2 rings (SSSR count). The van der Waals surface area contributed by atoms with Crippen LogP contribution in [0.25, 0.3) is 0 Å². The van der Waals surface area contributed by atoms with Gasteiger partial charge in [-0.2, -0.15) is 0 Å². The summed E-state index contributed by atoms with van der Waals surface area (Å²) in [6, 6.07) is 7.18. The molecule has 6 nitrogen and oxygen atoms in total. The third-order valence-electron chi connectivity index (χ3n) is 3.85. The molecule has 2 N–H and O–H groups in total. The molecule has 0 unspecified atom stereocenters. The standard InChI is InChI=1S/C17H20N2O4/c1-2-11-23-15-6-4-3-5-14(15)12-18-17(22)19-9-7-13(8-10-19)16(20)21/h1,3-6,13H,7-12H2,(H,18,22)(H,20,21). The summed E-state index contributed by atoms with van der Waals surface area (Å²) in [5, 5.41) is 11.8. The van der Waals surface area contributed by atoms with Crippen LogP contribution in [0.15, 0.2) is 24.3 Å². The third-order valence-corrected chi connectivity index (χ3v) is 3.85. The van der Waals surface area contributed by atoms with Crippen LogP contribution in [-0.2, 0) is 11.3 Å². The molecule has 122 valence electrons. The van der Waals surface area contributed by atoms with Gasteiger partial charge in [-0.25, -0.2) is 4.79 Å². The van der Waals surface area contributed by atoms with E-state index in [0.717, 1.165) is 5.56 Å². The molecular weight excluding hydrogens is 296 g/mol. The Balaban J connectivity index is 1.86. The number of nitrogens with one attached hydrogen (secondary N) is 1. The Bertz CT molecular complexity index is 601. The van der Waals surface area contributed by atoms with Crippen molar-refractivity contribution in [2.75, 3.05) is 19.7 Å². The minimum atomic E-state index is -0.787. The Hall–Kier alpha value is -2.68. The highest BCUT2D eigenvalue weighted by Crippen LogP contribution is 2.19. The first-order valence-electron chi connectivity index (χ1n) is 7.51. The monoisotopic (exact) mass is 316 g/mol. The minimum absolute atomic E-state index is 0.174. The predicted octanol–water partition coefficient (Wildman–Crippen LogP) is 1.70. The number of piperidine rings is 1. The first-order valence-corrected chi connectivity index (χ1v) is 7.51. The van der Waals surface area contributed by atoms with Gasteiger partial charge in [0.25, 0.3) is 0 Å². The number of carbonyl (C=O) groups is 2. The highest BCUT2D eigenvalue weighted by molar-refractivity contribution is 5.75. The number of ether oxygens (including phenoxy) is 1. The highest BCUT2D eigenvalue weighted by atomic mass is 16.5. The second-order valence-corrected chi connectivity index (χ2v) is 5.36. The fourth-order valence-electron chi connectivity index (χ4n) is 2.52. The molecule has 0 bridgehead atoms. The van der Waals surface area contributed by atoms with Crippen LogP contribution in [0.5, 0.6) is 5.75 Å². The molecule has 1 aromatic carbocycles. The maximum Gasteiger partial charge on any atom is 0.317 e. The number of carbonyl (C=O) groups excluding carboxylic acids is 1. The number of carboxylic acid groups (broad SMARTS) is 1. The molecule has 1 aliphatic rings. The van der Waals surface area contributed by atoms with Gasteiger partial charge in [-0.05, 0) is 18.9 Å². The van der Waals surface area contributed by atoms with E-state index in [0.29, 0.717) is 38.2 Å². The number of nitrogens with zero attached hydrogens (tertiary/aromatic N) is 1. The van der Waals surface area contributed by atoms with E-state index >= 15 is 0 Å². The number of urea groups is 1. The summed E-state index contributed by atoms with van der Waals surface area (Å²) in [7, 11) is 0. The maximum absolute atomic E-state index is 12.2. The lowest BCUT2D eigenvalue weighted by Crippen LogP contribution is -2.45. The molecule has 1 aromatic rings. The third kappa shape index (κ3) is 4.65. The van der Waals surface area contributed by atoms with Crippen molar-refractivity contribution in [3.8, 4) is 18.1 Å². The number of para-hydroxylation sites is 1. The van der Waals surface area contributed by atoms with E-state index in [-0.39, 0.29) is 18.6 Å². The van der Waals surface area contributed by atoms with Crippen molar-refractivity contribution in [3.63, 3.8) is 0 Å². The zero-order valence-corrected chi connectivity index (χ0v) is 12.8. The number of hydrogen-bond acceptors (Lipinski definition) is 3. The number of amides is 2. The molecule has 0 aliphatic carbocycles. The summed E-state index contributed by atoms with van der Waals surface area (Å²) >= 11 is 0. The van der Waals surface area contributed by atoms with Gasteiger partial charge < -0.3 is 20.1 Å². The Morgan fingerprint density at radius 3 is 2.70 bits per heavy atom. The number of benzene rings is 1. The molecule has 2 amide bonds. The van der Waals surface area contributed by atoms with E-state index in [1.54, 1.807) is 11.0 Å². The van der Waals surface area contributed by atoms with Gasteiger partial charge in [0.1, 0.15) is 12.4 Å². The number of terminal acetylenes is 1. The van der Waals surface area contributed by atoms with E-state index < -0.39 is 5.97 Å². The van der Waals surface area contributed by atoms with Crippen LogP contribution in [-0.4, -0.2) is 41.7 Å². The van der Waals surface area contributed by atoms with Gasteiger partial charge in [0, 0.05) is 25.2 Å². The van der Waals surface area contributed by atoms with Crippen molar-refractivity contribution in [1.29, 1.82) is 0 Å². The molecule has 23 heavy (non-hydrogen) atoms. The van der Waals surface area contributed by atoms with Gasteiger partial charge >= 0.3 is 12.0 Å². The number of carboxylic acids is 1. The Kier molecular flexibility index (Phi) is 5.87. The Morgan fingerprint density at radius 1 is 1.35 bits per heavy atom. The van der Waals surface area contributed by atoms with Gasteiger partial charge in [0.05, 0.1) is 5.92 Å². The second-order valence-electron chi connectivity index (χ2n) is 5.36. The molecule has 1 saturated heterocycles. The molecule has 6 heteroatoms. The molecule has 0 spiro atoms. The van der Waals surface area contributed by atoms with Crippen LogP contribution in [0, 0.1) is 18.3 Å². The first-order chi connectivity index (χ1) is 11.1. The molecule has 0 atom stereocenters. The van der Waals surface area contributed by atoms with E-state index in [4.69, 9.17) is 16.3 Å². The van der Waals surface area contributed by atoms with Gasteiger partial charge in [0.2, 0.25) is 0 Å². The average molecular weight is 316 g/mol. The van der Waals surface area contributed by atoms with Crippen molar-refractivity contribution in [2.45, 2.75) is 19.4 Å². The van der Waals surface area contributed by atoms with Crippen molar-refractivity contribution in [1.82, 2.24) is 10.2 Å². The fourth-order valence-corrected chi connectivity index (χ4v) is 2.52. The molecule has 1 aliphatic heterocycles. The topological polar surface area (TPSA) is 78.9 Å². The van der Waals surface area contributed by atoms with E-state index in [2.05, 4.69) is 11.2 Å². The van der Waals surface area contributed by atoms with E-state index in [1.807, 2.05) is 18.2 Å². The van der Waals surface area contributed by atoms with Crippen LogP contribution < -0.4 is 10.1 Å². The largest absolute Gasteiger partial charge is 0.481 e. The van der Waals surface area contributed by atoms with Gasteiger partial charge in [-0.15, -0.1) is 6.42 Å². The van der Waals surface area contributed by atoms with Gasteiger partial charge in [-0.1, -0.05) is 24.1 Å². The molecule has 1 heterocycles. The molecule has 0 radical (unpaired) electrons. The smallest absolute Gasteiger partial charge is 0.317 e. The average Bonchev–Trinajstić information content (AvgIpc) is 2.58. The predicted molar refractivity (Wildman–Crippen MR) is 84.9 cm³/mol. The number of hydrogen-bond donors (Lipinski definition) is 2. The van der Waals surface area contributed by atoms with Gasteiger partial charge in [-0.3, -0.25) is 4.79 Å². The van der Waals surface area contributed by atoms with Crippen molar-refractivity contribution < 1.29 is 19.4 Å². The summed E-state index contributed by atoms with van der Waals surface area (Å²) in [6.45, 7) is 1.42. The van der Waals surface area contributed by atoms with Crippen LogP contribution in [0.1, 0.15) is 18.4 Å². The SMILES string of the molecule is C#CCOc1ccccc1CNC(=O)N1CCC(C(=O)O)CC1. The van der Waals surface area contributed by atoms with E-state index in [9.17, 15) is 9.59 Å². The Labute approximate surface area is 135 Å². The fraction of sp³-hybridized carbons (Fsp3) is 0.412. The van der Waals surface area contributed by atoms with Crippen LogP contribution >= 0.6 is 0 Å². The zero-order chi connectivity index (χ0) is 16.7. The Morgan fingerprint density at radius 2 is 2.04 bits per heavy atom. The molecule has 0 aromatic heterocycles. The summed E-state index contributed by atoms with van der Waals surface area (Å²) in [5.74, 6) is 1.92. The summed E-state index contributed by atoms with van der Waals surface area (Å²) in [6.07, 6.45) is 6.17. The van der Waals surface area contributed by atoms with E-state index in [1.165, 1.54) is 0 Å². The minimum Gasteiger partial charge on any atom is -0.481 e. The number of likely N-dealkylation sites (tertiary alicyclic amines) is 1. The molecular formula is C17H20N2O4. The second kappa shape index (κ2) is 8.08. The normalized spacial score (nSPS) is 14.8. The zero-order valence-electron chi connectivity index (χ0n) is 12.8. The number of rotatable bonds is 5. The lowest BCUT2D eigenvalue weighted by Gasteiger charge is -2.30. The van der Waals surface area contributed by atoms with Gasteiger partial charge in [0.15, 0.2) is 0 Å². The lowest BCUT2D eigenvalue weighted by molar-refractivity contribution is -0.143. The lowest BCUT2D eigenvalue weighted by atomic mass is 9.97. The summed E-state index contributed by atoms with van der Waals surface area (Å²) in [5.41, 5.74) is 0.844. The number of aliphatic carboxylic acids is 1. The first kappa shape index (κ1) is 16.7. The summed E-state index contributed by atoms with van der Waals surface area (Å²) < 4.78 is 5.44. The molecule has 0 saturated carbocycles. The molecule has 1 fully saturated rings. The van der Waals surface area contributed by atoms with Crippen molar-refractivity contribution >= 4 is 12.0 Å². The van der Waals surface area contributed by atoms with Crippen molar-refractivity contribution in [2.24, 2.45) is 5.92 Å². The highest BCUT2D eigenvalue weighted by Gasteiger charge is 2.26. The quantitative estimate of drug-likeness (QED) is 0.811. The van der Waals surface area contributed by atoms with Crippen LogP contribution in [0.3, 0.4) is 0 Å². The summed E-state index contributed by atoms with van der Waals surface area (Å²) in [4.78, 5) is 24.7. The maximum atomic E-state index is 12.2. The van der Waals surface area contributed by atoms with Crippen LogP contribution in [0.2, 0.25) is 0 Å².